The van der Waals surface area contributed by atoms with Crippen LogP contribution < -0.4 is 5.43 Å². The van der Waals surface area contributed by atoms with Crippen molar-refractivity contribution in [1.29, 1.82) is 0 Å². The molecule has 1 aliphatic rings. The van der Waals surface area contributed by atoms with E-state index in [4.69, 9.17) is 4.42 Å². The maximum atomic E-state index is 12.2. The Morgan fingerprint density at radius 1 is 1.19 bits per heavy atom. The summed E-state index contributed by atoms with van der Waals surface area (Å²) in [5.74, 6) is 0.933. The van der Waals surface area contributed by atoms with Crippen molar-refractivity contribution in [3.8, 4) is 0 Å². The summed E-state index contributed by atoms with van der Waals surface area (Å²) in [7, 11) is 0. The highest BCUT2D eigenvalue weighted by Gasteiger charge is 2.16. The van der Waals surface area contributed by atoms with Gasteiger partial charge in [0.05, 0.1) is 5.39 Å². The summed E-state index contributed by atoms with van der Waals surface area (Å²) in [5.41, 5.74) is 0.347. The molecule has 0 N–H and O–H groups in total. The van der Waals surface area contributed by atoms with E-state index >= 15 is 0 Å². The van der Waals surface area contributed by atoms with Crippen molar-refractivity contribution >= 4 is 16.8 Å². The van der Waals surface area contributed by atoms with Crippen molar-refractivity contribution in [2.45, 2.75) is 44.9 Å². The number of carbonyl (C=O) groups excluding carboxylic acids is 1. The molecule has 21 heavy (non-hydrogen) atoms. The van der Waals surface area contributed by atoms with Crippen molar-refractivity contribution in [3.05, 3.63) is 46.3 Å². The van der Waals surface area contributed by atoms with E-state index in [9.17, 15) is 9.59 Å². The highest BCUT2D eigenvalue weighted by Crippen LogP contribution is 2.29. The second-order valence-corrected chi connectivity index (χ2v) is 5.94. The number of Topliss-reactive ketones (excluding diaryl/α,β-unsaturated/α-hetero) is 1. The first-order valence-corrected chi connectivity index (χ1v) is 7.80. The normalized spacial score (nSPS) is 15.6. The van der Waals surface area contributed by atoms with Gasteiger partial charge in [0.1, 0.15) is 5.58 Å². The van der Waals surface area contributed by atoms with Gasteiger partial charge >= 0.3 is 0 Å². The fraction of sp³-hybridized carbons (Fsp3) is 0.444. The molecule has 0 atom stereocenters. The van der Waals surface area contributed by atoms with Crippen LogP contribution in [0.25, 0.3) is 11.0 Å². The van der Waals surface area contributed by atoms with Gasteiger partial charge in [-0.25, -0.2) is 0 Å². The van der Waals surface area contributed by atoms with E-state index < -0.39 is 0 Å². The zero-order valence-corrected chi connectivity index (χ0v) is 12.1. The van der Waals surface area contributed by atoms with Gasteiger partial charge in [0.25, 0.3) is 0 Å². The second-order valence-electron chi connectivity index (χ2n) is 5.94. The van der Waals surface area contributed by atoms with Gasteiger partial charge in [-0.3, -0.25) is 9.59 Å². The Morgan fingerprint density at radius 2 is 1.95 bits per heavy atom. The predicted octanol–water partition coefficient (Wildman–Crippen LogP) is 4.34. The molecule has 3 heteroatoms. The molecule has 0 saturated heterocycles. The quantitative estimate of drug-likeness (QED) is 0.767. The lowest BCUT2D eigenvalue weighted by Gasteiger charge is -2.07. The van der Waals surface area contributed by atoms with Crippen LogP contribution in [0.2, 0.25) is 0 Å². The van der Waals surface area contributed by atoms with Crippen LogP contribution in [0, 0.1) is 5.92 Å². The van der Waals surface area contributed by atoms with Gasteiger partial charge in [-0.05, 0) is 24.5 Å². The van der Waals surface area contributed by atoms with Gasteiger partial charge < -0.3 is 4.42 Å². The highest BCUT2D eigenvalue weighted by molar-refractivity contribution is 5.94. The average molecular weight is 284 g/mol. The fourth-order valence-corrected chi connectivity index (χ4v) is 3.21. The van der Waals surface area contributed by atoms with Gasteiger partial charge in [-0.15, -0.1) is 0 Å². The van der Waals surface area contributed by atoms with E-state index in [0.717, 1.165) is 18.8 Å². The number of para-hydroxylation sites is 1. The first-order valence-electron chi connectivity index (χ1n) is 7.80. The molecule has 1 saturated carbocycles. The van der Waals surface area contributed by atoms with Crippen LogP contribution in [0.1, 0.15) is 55.5 Å². The van der Waals surface area contributed by atoms with Crippen LogP contribution >= 0.6 is 0 Å². The molecule has 1 heterocycles. The lowest BCUT2D eigenvalue weighted by molar-refractivity contribution is 0.0951. The van der Waals surface area contributed by atoms with E-state index in [1.165, 1.54) is 31.7 Å². The Balaban J connectivity index is 1.68. The Kier molecular flexibility index (Phi) is 4.18. The van der Waals surface area contributed by atoms with E-state index in [0.29, 0.717) is 17.4 Å². The third kappa shape index (κ3) is 3.23. The van der Waals surface area contributed by atoms with E-state index in [1.807, 2.05) is 0 Å². The highest BCUT2D eigenvalue weighted by atomic mass is 16.3. The zero-order valence-electron chi connectivity index (χ0n) is 12.1. The van der Waals surface area contributed by atoms with Crippen LogP contribution in [-0.4, -0.2) is 5.78 Å². The second kappa shape index (κ2) is 6.25. The standard InChI is InChI=1S/C18H20O3/c19-15(10-5-8-13-6-1-2-7-13)18-12-16(20)14-9-3-4-11-17(14)21-18/h3-4,9,11-13H,1-2,5-8,10H2. The lowest BCUT2D eigenvalue weighted by atomic mass is 9.99. The first-order chi connectivity index (χ1) is 10.2. The Hall–Kier alpha value is -1.90. The molecule has 1 aromatic heterocycles. The Labute approximate surface area is 124 Å². The molecule has 0 amide bonds. The Bertz CT molecular complexity index is 693. The Morgan fingerprint density at radius 3 is 2.76 bits per heavy atom. The summed E-state index contributed by atoms with van der Waals surface area (Å²) in [4.78, 5) is 24.2. The summed E-state index contributed by atoms with van der Waals surface area (Å²) in [5, 5.41) is 0.528. The van der Waals surface area contributed by atoms with Crippen molar-refractivity contribution in [2.24, 2.45) is 5.92 Å². The molecule has 3 rings (SSSR count). The number of ketones is 1. The maximum Gasteiger partial charge on any atom is 0.198 e. The molecule has 0 unspecified atom stereocenters. The van der Waals surface area contributed by atoms with Crippen molar-refractivity contribution in [2.75, 3.05) is 0 Å². The molecule has 0 aliphatic heterocycles. The average Bonchev–Trinajstić information content (AvgIpc) is 3.00. The van der Waals surface area contributed by atoms with E-state index in [2.05, 4.69) is 0 Å². The van der Waals surface area contributed by atoms with Crippen LogP contribution in [0.3, 0.4) is 0 Å². The third-order valence-electron chi connectivity index (χ3n) is 4.40. The summed E-state index contributed by atoms with van der Waals surface area (Å²) in [6, 6.07) is 8.38. The largest absolute Gasteiger partial charge is 0.453 e. The van der Waals surface area contributed by atoms with Gasteiger partial charge in [0.2, 0.25) is 0 Å². The van der Waals surface area contributed by atoms with Crippen LogP contribution in [0.4, 0.5) is 0 Å². The smallest absolute Gasteiger partial charge is 0.198 e. The molecule has 2 aromatic rings. The summed E-state index contributed by atoms with van der Waals surface area (Å²) in [6.07, 6.45) is 7.75. The van der Waals surface area contributed by atoms with Crippen LogP contribution in [0.15, 0.2) is 39.5 Å². The minimum absolute atomic E-state index is 0.0594. The van der Waals surface area contributed by atoms with Crippen molar-refractivity contribution in [1.82, 2.24) is 0 Å². The number of hydrogen-bond acceptors (Lipinski definition) is 3. The molecule has 1 aliphatic carbocycles. The number of rotatable bonds is 5. The summed E-state index contributed by atoms with van der Waals surface area (Å²) < 4.78 is 5.58. The zero-order chi connectivity index (χ0) is 14.7. The predicted molar refractivity (Wildman–Crippen MR) is 82.6 cm³/mol. The lowest BCUT2D eigenvalue weighted by Crippen LogP contribution is -2.07. The molecule has 1 fully saturated rings. The first kappa shape index (κ1) is 14.1. The van der Waals surface area contributed by atoms with Crippen molar-refractivity contribution < 1.29 is 9.21 Å². The number of fused-ring (bicyclic) bond motifs is 1. The van der Waals surface area contributed by atoms with E-state index in [-0.39, 0.29) is 17.0 Å². The molecule has 1 aromatic carbocycles. The van der Waals surface area contributed by atoms with E-state index in [1.54, 1.807) is 24.3 Å². The van der Waals surface area contributed by atoms with Crippen LogP contribution in [-0.2, 0) is 0 Å². The molecule has 0 bridgehead atoms. The monoisotopic (exact) mass is 284 g/mol. The van der Waals surface area contributed by atoms with Gasteiger partial charge in [0, 0.05) is 12.5 Å². The molecular weight excluding hydrogens is 264 g/mol. The topological polar surface area (TPSA) is 47.3 Å². The molecule has 110 valence electrons. The van der Waals surface area contributed by atoms with Gasteiger partial charge in [-0.2, -0.15) is 0 Å². The fourth-order valence-electron chi connectivity index (χ4n) is 3.21. The number of carbonyl (C=O) groups is 1. The summed E-state index contributed by atoms with van der Waals surface area (Å²) in [6.45, 7) is 0. The molecule has 3 nitrogen and oxygen atoms in total. The number of hydrogen-bond donors (Lipinski definition) is 0. The maximum absolute atomic E-state index is 12.2. The SMILES string of the molecule is O=C(CCCC1CCCC1)c1cc(=O)c2ccccc2o1. The molecule has 0 radical (unpaired) electrons. The molecule has 0 spiro atoms. The minimum Gasteiger partial charge on any atom is -0.453 e. The summed E-state index contributed by atoms with van der Waals surface area (Å²) >= 11 is 0. The van der Waals surface area contributed by atoms with Crippen LogP contribution in [0.5, 0.6) is 0 Å². The minimum atomic E-state index is -0.143. The van der Waals surface area contributed by atoms with Gasteiger partial charge in [-0.1, -0.05) is 44.2 Å². The van der Waals surface area contributed by atoms with Crippen molar-refractivity contribution in [3.63, 3.8) is 0 Å². The third-order valence-corrected chi connectivity index (χ3v) is 4.40. The molecular formula is C18H20O3. The number of benzene rings is 1. The van der Waals surface area contributed by atoms with Gasteiger partial charge in [0.15, 0.2) is 17.0 Å².